The Balaban J connectivity index is 0.00000156. The minimum absolute atomic E-state index is 0.136. The van der Waals surface area contributed by atoms with Gasteiger partial charge in [-0.05, 0) is 55.4 Å². The average molecular weight is 504 g/mol. The summed E-state index contributed by atoms with van der Waals surface area (Å²) < 4.78 is 1.91. The lowest BCUT2D eigenvalue weighted by Gasteiger charge is -2.43. The van der Waals surface area contributed by atoms with Crippen LogP contribution in [-0.4, -0.2) is 69.5 Å². The highest BCUT2D eigenvalue weighted by Crippen LogP contribution is 2.44. The Hall–Kier alpha value is -3.49. The molecule has 3 heterocycles. The molecule has 3 aromatic rings. The number of aliphatic hydroxyl groups excluding tert-OH is 2. The molecule has 1 amide bonds. The summed E-state index contributed by atoms with van der Waals surface area (Å²) in [4.78, 5) is 24.2. The van der Waals surface area contributed by atoms with Gasteiger partial charge in [-0.3, -0.25) is 9.79 Å². The van der Waals surface area contributed by atoms with Gasteiger partial charge in [0.25, 0.3) is 5.91 Å². The van der Waals surface area contributed by atoms with Crippen LogP contribution in [0.4, 0.5) is 0 Å². The molecule has 0 saturated carbocycles. The molecule has 1 fully saturated rings. The Morgan fingerprint density at radius 2 is 1.92 bits per heavy atom. The maximum Gasteiger partial charge on any atom is 0.274 e. The monoisotopic (exact) mass is 503 g/mol. The number of piperidine rings is 1. The highest BCUT2D eigenvalue weighted by atomic mass is 16.3. The fourth-order valence-corrected chi connectivity index (χ4v) is 5.73. The van der Waals surface area contributed by atoms with Gasteiger partial charge in [0.1, 0.15) is 11.3 Å². The molecule has 2 aliphatic rings. The molecule has 2 aromatic heterocycles. The first-order valence-corrected chi connectivity index (χ1v) is 12.8. The zero-order valence-electron chi connectivity index (χ0n) is 22.1. The number of hydrogen-bond donors (Lipinski definition) is 3. The highest BCUT2D eigenvalue weighted by Gasteiger charge is 2.47. The van der Waals surface area contributed by atoms with Crippen LogP contribution < -0.4 is 5.73 Å². The van der Waals surface area contributed by atoms with Crippen LogP contribution in [-0.2, 0) is 19.3 Å². The summed E-state index contributed by atoms with van der Waals surface area (Å²) in [6, 6.07) is 10.5. The van der Waals surface area contributed by atoms with Gasteiger partial charge < -0.3 is 25.2 Å². The quantitative estimate of drug-likeness (QED) is 0.474. The molecule has 1 aliphatic heterocycles. The molecule has 1 atom stereocenters. The summed E-state index contributed by atoms with van der Waals surface area (Å²) >= 11 is 0. The fourth-order valence-electron chi connectivity index (χ4n) is 5.73. The summed E-state index contributed by atoms with van der Waals surface area (Å²) in [5, 5.41) is 18.2. The maximum atomic E-state index is 13.5. The first kappa shape index (κ1) is 26.6. The normalized spacial score (nSPS) is 19.1. The molecule has 1 aromatic carbocycles. The molecular weight excluding hydrogens is 466 g/mol. The number of rotatable bonds is 4. The summed E-state index contributed by atoms with van der Waals surface area (Å²) in [6.45, 7) is 4.95. The lowest BCUT2D eigenvalue weighted by molar-refractivity contribution is -0.0334. The number of β-amino-alcohol motifs (C(OH)–C–C–N with tert-alkyl or cyclic N) is 1. The summed E-state index contributed by atoms with van der Waals surface area (Å²) in [6.07, 6.45) is 8.05. The number of aliphatic imine (C=N–C) groups is 1. The van der Waals surface area contributed by atoms with Gasteiger partial charge in [-0.1, -0.05) is 31.2 Å². The van der Waals surface area contributed by atoms with Crippen LogP contribution in [0, 0.1) is 5.41 Å². The van der Waals surface area contributed by atoms with Gasteiger partial charge in [-0.2, -0.15) is 0 Å². The van der Waals surface area contributed by atoms with Crippen molar-refractivity contribution in [2.24, 2.45) is 16.1 Å². The standard InChI is InChI=1S/C28H33N5O2.CH4O/c1-4-19-11-22(23(14-29)18(2)30-3)15-33-16-24(31-26(19)33)27(35)32-10-9-28(25(34)17-32)12-20-7-5-6-8-21(20)13-28;1-2/h5-8,11,14-16,25,34H,4,9-10,12-13,17,29H2,1-3H3;2H,1H3/b23-14+,30-18?;. The maximum absolute atomic E-state index is 13.5. The molecular formula is C29H37N5O3. The number of aromatic nitrogens is 2. The molecule has 8 nitrogen and oxygen atoms in total. The van der Waals surface area contributed by atoms with Gasteiger partial charge >= 0.3 is 0 Å². The first-order chi connectivity index (χ1) is 17.9. The first-order valence-electron chi connectivity index (χ1n) is 12.8. The smallest absolute Gasteiger partial charge is 0.274 e. The van der Waals surface area contributed by atoms with Crippen LogP contribution in [0.3, 0.4) is 0 Å². The van der Waals surface area contributed by atoms with E-state index in [9.17, 15) is 9.90 Å². The molecule has 1 spiro atoms. The number of nitrogens with zero attached hydrogens (tertiary/aromatic N) is 4. The largest absolute Gasteiger partial charge is 0.404 e. The van der Waals surface area contributed by atoms with Crippen molar-refractivity contribution in [3.8, 4) is 0 Å². The molecule has 0 bridgehead atoms. The van der Waals surface area contributed by atoms with Crippen LogP contribution in [0.25, 0.3) is 11.2 Å². The van der Waals surface area contributed by atoms with Gasteiger partial charge in [0.05, 0.1) is 6.10 Å². The predicted octanol–water partition coefficient (Wildman–Crippen LogP) is 2.89. The lowest BCUT2D eigenvalue weighted by Crippen LogP contribution is -2.53. The van der Waals surface area contributed by atoms with E-state index in [0.717, 1.165) is 60.9 Å². The van der Waals surface area contributed by atoms with Crippen molar-refractivity contribution in [2.45, 2.75) is 45.6 Å². The third-order valence-corrected chi connectivity index (χ3v) is 7.90. The van der Waals surface area contributed by atoms with E-state index in [2.05, 4.69) is 42.2 Å². The number of nitrogens with two attached hydrogens (primary N) is 1. The van der Waals surface area contributed by atoms with Crippen molar-refractivity contribution in [3.63, 3.8) is 0 Å². The number of pyridine rings is 1. The number of likely N-dealkylation sites (tertiary alicyclic amines) is 1. The van der Waals surface area contributed by atoms with Gasteiger partial charge in [-0.25, -0.2) is 4.98 Å². The molecule has 196 valence electrons. The van der Waals surface area contributed by atoms with Gasteiger partial charge in [0.2, 0.25) is 0 Å². The van der Waals surface area contributed by atoms with E-state index in [-0.39, 0.29) is 11.3 Å². The number of aryl methyl sites for hydroxylation is 1. The van der Waals surface area contributed by atoms with Crippen molar-refractivity contribution >= 4 is 22.8 Å². The van der Waals surface area contributed by atoms with E-state index in [4.69, 9.17) is 15.8 Å². The number of hydrogen-bond acceptors (Lipinski definition) is 6. The lowest BCUT2D eigenvalue weighted by atomic mass is 9.73. The predicted molar refractivity (Wildman–Crippen MR) is 147 cm³/mol. The second-order valence-corrected chi connectivity index (χ2v) is 9.86. The Morgan fingerprint density at radius 1 is 1.24 bits per heavy atom. The SMILES string of the molecule is CCc1cc(/C(=C/N)C(C)=NC)cn2cc(C(=O)N3CCC4(Cc5ccccc5C4)C(O)C3)nc12.CO. The van der Waals surface area contributed by atoms with Crippen LogP contribution in [0.5, 0.6) is 0 Å². The van der Waals surface area contributed by atoms with E-state index < -0.39 is 6.10 Å². The Labute approximate surface area is 218 Å². The van der Waals surface area contributed by atoms with Crippen molar-refractivity contribution in [3.05, 3.63) is 76.9 Å². The van der Waals surface area contributed by atoms with Gasteiger partial charge in [0, 0.05) is 68.1 Å². The third kappa shape index (κ3) is 4.79. The van der Waals surface area contributed by atoms with E-state index >= 15 is 0 Å². The zero-order valence-corrected chi connectivity index (χ0v) is 22.1. The molecule has 1 unspecified atom stereocenters. The number of carbonyl (C=O) groups excluding carboxylic acids is 1. The summed E-state index contributed by atoms with van der Waals surface area (Å²) in [7, 11) is 2.74. The van der Waals surface area contributed by atoms with Crippen LogP contribution in [0.15, 0.2) is 53.9 Å². The highest BCUT2D eigenvalue weighted by molar-refractivity contribution is 6.22. The molecule has 37 heavy (non-hydrogen) atoms. The van der Waals surface area contributed by atoms with Crippen LogP contribution >= 0.6 is 0 Å². The summed E-state index contributed by atoms with van der Waals surface area (Å²) in [5.74, 6) is -0.136. The number of amides is 1. The molecule has 1 saturated heterocycles. The van der Waals surface area contributed by atoms with Crippen molar-refractivity contribution in [2.75, 3.05) is 27.2 Å². The molecule has 4 N–H and O–H groups in total. The average Bonchev–Trinajstić information content (AvgIpc) is 3.53. The van der Waals surface area contributed by atoms with E-state index in [1.165, 1.54) is 11.1 Å². The summed E-state index contributed by atoms with van der Waals surface area (Å²) in [5.41, 5.74) is 13.2. The second-order valence-electron chi connectivity index (χ2n) is 9.86. The Bertz CT molecular complexity index is 1330. The number of carbonyl (C=O) groups is 1. The minimum Gasteiger partial charge on any atom is -0.404 e. The number of imidazole rings is 1. The van der Waals surface area contributed by atoms with Crippen molar-refractivity contribution < 1.29 is 15.0 Å². The Kier molecular flexibility index (Phi) is 7.80. The molecule has 8 heteroatoms. The van der Waals surface area contributed by atoms with Gasteiger partial charge in [-0.15, -0.1) is 0 Å². The van der Waals surface area contributed by atoms with E-state index in [1.807, 2.05) is 17.5 Å². The molecule has 0 radical (unpaired) electrons. The van der Waals surface area contributed by atoms with E-state index in [0.29, 0.717) is 18.8 Å². The van der Waals surface area contributed by atoms with Gasteiger partial charge in [0.15, 0.2) is 0 Å². The zero-order chi connectivity index (χ0) is 26.7. The fraction of sp³-hybridized carbons (Fsp3) is 0.414. The number of aliphatic hydroxyl groups is 2. The third-order valence-electron chi connectivity index (χ3n) is 7.90. The van der Waals surface area contributed by atoms with Crippen molar-refractivity contribution in [1.82, 2.24) is 14.3 Å². The number of allylic oxidation sites excluding steroid dienone is 1. The number of fused-ring (bicyclic) bond motifs is 2. The number of benzene rings is 1. The molecule has 5 rings (SSSR count). The Morgan fingerprint density at radius 3 is 2.49 bits per heavy atom. The van der Waals surface area contributed by atoms with Crippen LogP contribution in [0.1, 0.15) is 53.0 Å². The van der Waals surface area contributed by atoms with Crippen LogP contribution in [0.2, 0.25) is 0 Å². The molecule has 1 aliphatic carbocycles. The van der Waals surface area contributed by atoms with Crippen molar-refractivity contribution in [1.29, 1.82) is 0 Å². The topological polar surface area (TPSA) is 116 Å². The van der Waals surface area contributed by atoms with E-state index in [1.54, 1.807) is 24.3 Å². The second kappa shape index (κ2) is 10.9. The minimum atomic E-state index is -0.559.